The van der Waals surface area contributed by atoms with Gasteiger partial charge in [-0.05, 0) is 0 Å². The van der Waals surface area contributed by atoms with Crippen LogP contribution in [0.15, 0.2) is 0 Å². The monoisotopic (exact) mass is 142 g/mol. The van der Waals surface area contributed by atoms with Crippen LogP contribution in [0.5, 0.6) is 0 Å². The summed E-state index contributed by atoms with van der Waals surface area (Å²) in [6.07, 6.45) is -1.83. The Kier molecular flexibility index (Phi) is 52.8. The van der Waals surface area contributed by atoms with Gasteiger partial charge in [-0.2, -0.15) is 0 Å². The Labute approximate surface area is 92.5 Å². The van der Waals surface area contributed by atoms with Crippen molar-refractivity contribution < 1.29 is 87.8 Å². The summed E-state index contributed by atoms with van der Waals surface area (Å²) in [7, 11) is 0. The van der Waals surface area contributed by atoms with E-state index in [2.05, 4.69) is 0 Å². The van der Waals surface area contributed by atoms with Crippen LogP contribution in [0, 0.1) is 37.7 Å². The van der Waals surface area contributed by atoms with E-state index in [1.54, 1.807) is 0 Å². The van der Waals surface area contributed by atoms with E-state index in [9.17, 15) is 0 Å². The molecule has 0 heterocycles. The van der Waals surface area contributed by atoms with Gasteiger partial charge < -0.3 is 15.7 Å². The first-order valence-corrected chi connectivity index (χ1v) is 0.651. The summed E-state index contributed by atoms with van der Waals surface area (Å²) in [5.41, 5.74) is 0. The number of hydrogen-bond acceptors (Lipinski definition) is 2. The summed E-state index contributed by atoms with van der Waals surface area (Å²) in [5.74, 6) is 0. The predicted molar refractivity (Wildman–Crippen MR) is 12.6 cm³/mol. The zero-order valence-electron chi connectivity index (χ0n) is 3.60. The molecule has 6 heteroatoms. The Hall–Kier alpha value is 1.49. The summed E-state index contributed by atoms with van der Waals surface area (Å²) in [5, 5.41) is 13.9. The molecule has 0 aromatic carbocycles. The van der Waals surface area contributed by atoms with Crippen LogP contribution in [0.25, 0.3) is 0 Å². The first-order chi connectivity index (χ1) is 1.73. The fraction of sp³-hybridized carbons (Fsp3) is 0. The van der Waals surface area contributed by atoms with E-state index in [1.807, 2.05) is 0 Å². The molecule has 0 aromatic heterocycles. The zero-order chi connectivity index (χ0) is 3.58. The molecular weight excluding hydrogens is 139 g/mol. The molecule has 0 rings (SSSR count). The third kappa shape index (κ3) is 102. The molecular formula is CH3ArNaO4. The second-order valence-corrected chi connectivity index (χ2v) is 0.283. The molecule has 0 aliphatic heterocycles. The second-order valence-electron chi connectivity index (χ2n) is 0.283. The maximum atomic E-state index is 8.56. The number of carboxylic acid groups (broad SMARTS) is 2. The summed E-state index contributed by atoms with van der Waals surface area (Å²) < 4.78 is 0. The van der Waals surface area contributed by atoms with Crippen LogP contribution in [0.3, 0.4) is 0 Å². The van der Waals surface area contributed by atoms with Gasteiger partial charge in [-0.1, -0.05) is 0 Å². The van der Waals surface area contributed by atoms with Crippen molar-refractivity contribution in [3.05, 3.63) is 0 Å². The molecule has 0 atom stereocenters. The van der Waals surface area contributed by atoms with E-state index in [-0.39, 0.29) is 72.8 Å². The van der Waals surface area contributed by atoms with Crippen LogP contribution in [-0.4, -0.2) is 21.8 Å². The SMILES string of the molecule is O=C(O)O.[Ar].[Na+].[OH-]. The van der Waals surface area contributed by atoms with E-state index in [4.69, 9.17) is 15.0 Å². The molecule has 40 valence electrons. The van der Waals surface area contributed by atoms with Gasteiger partial charge in [0.2, 0.25) is 0 Å². The minimum Gasteiger partial charge on any atom is -0.870 e. The minimum absolute atomic E-state index is 0. The quantitative estimate of drug-likeness (QED) is 0.354. The Morgan fingerprint density at radius 2 is 1.29 bits per heavy atom. The van der Waals surface area contributed by atoms with Gasteiger partial charge in [0.1, 0.15) is 0 Å². The van der Waals surface area contributed by atoms with Crippen LogP contribution < -0.4 is 29.6 Å². The Balaban J connectivity index is -0.0000000150. The van der Waals surface area contributed by atoms with E-state index in [0.29, 0.717) is 0 Å². The molecule has 0 fully saturated rings. The van der Waals surface area contributed by atoms with Crippen LogP contribution in [0.1, 0.15) is 0 Å². The average Bonchev–Trinajstić information content (AvgIpc) is 0.811. The average molecular weight is 142 g/mol. The number of carbonyl (C=O) groups is 1. The number of rotatable bonds is 0. The predicted octanol–water partition coefficient (Wildman–Crippen LogP) is -2.95. The largest absolute Gasteiger partial charge is 1.00 e. The second kappa shape index (κ2) is 15.6. The third-order valence-electron chi connectivity index (χ3n) is 0. The summed E-state index contributed by atoms with van der Waals surface area (Å²) in [6, 6.07) is 0. The summed E-state index contributed by atoms with van der Waals surface area (Å²) >= 11 is 0. The van der Waals surface area contributed by atoms with Gasteiger partial charge >= 0.3 is 35.7 Å². The zero-order valence-corrected chi connectivity index (χ0v) is 6.31. The topological polar surface area (TPSA) is 87.5 Å². The van der Waals surface area contributed by atoms with E-state index >= 15 is 0 Å². The van der Waals surface area contributed by atoms with E-state index in [1.165, 1.54) is 0 Å². The van der Waals surface area contributed by atoms with Gasteiger partial charge in [0, 0.05) is 37.7 Å². The molecule has 0 aromatic rings. The van der Waals surface area contributed by atoms with E-state index in [0.717, 1.165) is 0 Å². The molecule has 0 aliphatic rings. The normalized spacial score (nSPS) is 3.43. The fourth-order valence-electron chi connectivity index (χ4n) is 0. The van der Waals surface area contributed by atoms with Crippen LogP contribution in [0.4, 0.5) is 4.79 Å². The van der Waals surface area contributed by atoms with Gasteiger partial charge in [-0.3, -0.25) is 0 Å². The van der Waals surface area contributed by atoms with E-state index < -0.39 is 6.16 Å². The van der Waals surface area contributed by atoms with Gasteiger partial charge in [0.05, 0.1) is 0 Å². The van der Waals surface area contributed by atoms with Crippen molar-refractivity contribution in [3.8, 4) is 0 Å². The van der Waals surface area contributed by atoms with Crippen molar-refractivity contribution in [3.63, 3.8) is 0 Å². The van der Waals surface area contributed by atoms with Crippen molar-refractivity contribution in [2.75, 3.05) is 0 Å². The molecule has 4 nitrogen and oxygen atoms in total. The molecule has 0 radical (unpaired) electrons. The van der Waals surface area contributed by atoms with Crippen LogP contribution in [0.2, 0.25) is 0 Å². The first-order valence-electron chi connectivity index (χ1n) is 0.651. The molecule has 0 saturated carbocycles. The molecule has 3 N–H and O–H groups in total. The van der Waals surface area contributed by atoms with Gasteiger partial charge in [0.15, 0.2) is 0 Å². The molecule has 0 saturated heterocycles. The summed E-state index contributed by atoms with van der Waals surface area (Å²) in [6.45, 7) is 0. The third-order valence-corrected chi connectivity index (χ3v) is 0. The Morgan fingerprint density at radius 1 is 1.29 bits per heavy atom. The standard InChI is InChI=1S/CH2O3.Ar.Na.H2O/c2-1(3)4;;;/h(H2,2,3,4);;;1H2/q;;+1;/p-1. The van der Waals surface area contributed by atoms with Gasteiger partial charge in [-0.25, -0.2) is 4.79 Å². The minimum atomic E-state index is -1.83. The fourth-order valence-corrected chi connectivity index (χ4v) is 0. The van der Waals surface area contributed by atoms with Gasteiger partial charge in [0.25, 0.3) is 0 Å². The molecule has 0 unspecified atom stereocenters. The van der Waals surface area contributed by atoms with Crippen molar-refractivity contribution in [1.82, 2.24) is 0 Å². The van der Waals surface area contributed by atoms with Gasteiger partial charge in [-0.15, -0.1) is 0 Å². The molecule has 0 amide bonds. The number of hydrogen-bond donors (Lipinski definition) is 2. The van der Waals surface area contributed by atoms with Crippen LogP contribution >= 0.6 is 0 Å². The Bertz CT molecular complexity index is 34.7. The smallest absolute Gasteiger partial charge is 0.870 e. The maximum Gasteiger partial charge on any atom is 1.00 e. The molecule has 7 heavy (non-hydrogen) atoms. The molecule has 0 aliphatic carbocycles. The van der Waals surface area contributed by atoms with Crippen molar-refractivity contribution in [2.45, 2.75) is 0 Å². The van der Waals surface area contributed by atoms with Crippen LogP contribution in [-0.2, 0) is 0 Å². The first kappa shape index (κ1) is 23.6. The van der Waals surface area contributed by atoms with Crippen molar-refractivity contribution in [1.29, 1.82) is 0 Å². The Morgan fingerprint density at radius 3 is 1.29 bits per heavy atom. The van der Waals surface area contributed by atoms with Crippen molar-refractivity contribution in [2.24, 2.45) is 0 Å². The van der Waals surface area contributed by atoms with Crippen molar-refractivity contribution >= 4 is 6.16 Å². The maximum absolute atomic E-state index is 8.56. The molecule has 0 spiro atoms. The summed E-state index contributed by atoms with van der Waals surface area (Å²) in [4.78, 5) is 8.56. The molecule has 0 bridgehead atoms.